The van der Waals surface area contributed by atoms with Gasteiger partial charge in [0, 0.05) is 12.1 Å². The number of aliphatic hydroxyl groups excluding tert-OH is 1. The molecule has 6 heteroatoms. The van der Waals surface area contributed by atoms with Crippen LogP contribution in [0.25, 0.3) is 0 Å². The van der Waals surface area contributed by atoms with E-state index in [1.165, 1.54) is 5.56 Å². The number of ether oxygens (including phenoxy) is 1. The molecule has 1 atom stereocenters. The minimum Gasteiger partial charge on any atom is -0.493 e. The van der Waals surface area contributed by atoms with E-state index in [0.29, 0.717) is 25.1 Å². The highest BCUT2D eigenvalue weighted by Crippen LogP contribution is 2.39. The van der Waals surface area contributed by atoms with Crippen LogP contribution < -0.4 is 10.1 Å². The lowest BCUT2D eigenvalue weighted by Gasteiger charge is -2.38. The van der Waals surface area contributed by atoms with Crippen molar-refractivity contribution in [2.24, 2.45) is 5.92 Å². The zero-order valence-corrected chi connectivity index (χ0v) is 15.0. The van der Waals surface area contributed by atoms with Crippen molar-refractivity contribution in [2.45, 2.75) is 51.2 Å². The van der Waals surface area contributed by atoms with Gasteiger partial charge in [0.05, 0.1) is 18.8 Å². The second-order valence-electron chi connectivity index (χ2n) is 7.33. The quantitative estimate of drug-likeness (QED) is 0.743. The maximum atomic E-state index is 12.7. The van der Waals surface area contributed by atoms with Crippen molar-refractivity contribution in [2.75, 3.05) is 6.61 Å². The minimum atomic E-state index is -0.265. The number of amides is 1. The minimum absolute atomic E-state index is 0.122. The smallest absolute Gasteiger partial charge is 0.272 e. The summed E-state index contributed by atoms with van der Waals surface area (Å²) in [6.45, 7) is 2.81. The lowest BCUT2D eigenvalue weighted by Crippen LogP contribution is -2.41. The molecule has 1 fully saturated rings. The van der Waals surface area contributed by atoms with Gasteiger partial charge in [0.25, 0.3) is 5.91 Å². The predicted octanol–water partition coefficient (Wildman–Crippen LogP) is 2.54. The molecule has 4 rings (SSSR count). The zero-order valence-electron chi connectivity index (χ0n) is 15.0. The first-order valence-corrected chi connectivity index (χ1v) is 9.43. The lowest BCUT2D eigenvalue weighted by atomic mass is 9.75. The molecule has 0 spiro atoms. The number of aliphatic hydroxyl groups is 1. The molecule has 3 N–H and O–H groups in total. The Morgan fingerprint density at radius 2 is 2.27 bits per heavy atom. The van der Waals surface area contributed by atoms with Crippen LogP contribution in [0.1, 0.15) is 59.5 Å². The number of benzene rings is 1. The van der Waals surface area contributed by atoms with Crippen LogP contribution in [-0.2, 0) is 12.8 Å². The summed E-state index contributed by atoms with van der Waals surface area (Å²) in [4.78, 5) is 12.7. The predicted molar refractivity (Wildman–Crippen MR) is 97.2 cm³/mol. The van der Waals surface area contributed by atoms with Crippen LogP contribution in [0.5, 0.6) is 5.75 Å². The number of fused-ring (bicyclic) bond motifs is 1. The van der Waals surface area contributed by atoms with Gasteiger partial charge in [0.15, 0.2) is 0 Å². The van der Waals surface area contributed by atoms with Crippen LogP contribution >= 0.6 is 0 Å². The van der Waals surface area contributed by atoms with Crippen molar-refractivity contribution in [3.05, 3.63) is 46.8 Å². The van der Waals surface area contributed by atoms with E-state index >= 15 is 0 Å². The summed E-state index contributed by atoms with van der Waals surface area (Å²) < 4.78 is 5.59. The third-order valence-corrected chi connectivity index (χ3v) is 5.36. The highest BCUT2D eigenvalue weighted by Gasteiger charge is 2.36. The molecule has 0 unspecified atom stereocenters. The molecule has 2 aliphatic rings. The van der Waals surface area contributed by atoms with E-state index in [1.807, 2.05) is 18.2 Å². The standard InChI is InChI=1S/C20H25N3O3/c1-2-3-15-11-17(23-22-15)20(25)21-19(14-9-16(24)10-14)13-4-5-18-12(8-13)6-7-26-18/h4-5,8,11,14,16,19,24H,2-3,6-7,9-10H2,1H3,(H,21,25)(H,22,23)/t14?,16?,19-/m1/s1. The molecule has 0 radical (unpaired) electrons. The third kappa shape index (κ3) is 3.33. The van der Waals surface area contributed by atoms with Gasteiger partial charge in [-0.05, 0) is 54.5 Å². The molecule has 1 aliphatic carbocycles. The molecule has 0 bridgehead atoms. The Kier molecular flexibility index (Phi) is 4.68. The fourth-order valence-corrected chi connectivity index (χ4v) is 3.87. The van der Waals surface area contributed by atoms with Crippen LogP contribution in [0.2, 0.25) is 0 Å². The second-order valence-corrected chi connectivity index (χ2v) is 7.33. The Morgan fingerprint density at radius 3 is 3.04 bits per heavy atom. The number of rotatable bonds is 6. The van der Waals surface area contributed by atoms with Gasteiger partial charge in [-0.3, -0.25) is 9.89 Å². The van der Waals surface area contributed by atoms with Gasteiger partial charge < -0.3 is 15.2 Å². The van der Waals surface area contributed by atoms with E-state index in [4.69, 9.17) is 4.74 Å². The number of nitrogens with one attached hydrogen (secondary N) is 2. The summed E-state index contributed by atoms with van der Waals surface area (Å²) in [7, 11) is 0. The topological polar surface area (TPSA) is 87.2 Å². The number of hydrogen-bond acceptors (Lipinski definition) is 4. The highest BCUT2D eigenvalue weighted by atomic mass is 16.5. The molecule has 1 amide bonds. The number of carbonyl (C=O) groups excluding carboxylic acids is 1. The summed E-state index contributed by atoms with van der Waals surface area (Å²) in [5.41, 5.74) is 3.65. The van der Waals surface area contributed by atoms with Gasteiger partial charge >= 0.3 is 0 Å². The summed E-state index contributed by atoms with van der Waals surface area (Å²) in [5.74, 6) is 0.999. The number of aromatic amines is 1. The van der Waals surface area contributed by atoms with Crippen LogP contribution in [-0.4, -0.2) is 33.9 Å². The van der Waals surface area contributed by atoms with Gasteiger partial charge in [0.1, 0.15) is 11.4 Å². The van der Waals surface area contributed by atoms with Crippen LogP contribution in [0.3, 0.4) is 0 Å². The number of carbonyl (C=O) groups is 1. The number of nitrogens with zero attached hydrogens (tertiary/aromatic N) is 1. The molecule has 0 saturated heterocycles. The number of hydrogen-bond donors (Lipinski definition) is 3. The SMILES string of the molecule is CCCc1cc(C(=O)N[C@H](c2ccc3c(c2)CCO3)C2CC(O)C2)n[nH]1. The molecule has 2 aromatic rings. The molecule has 1 aromatic heterocycles. The van der Waals surface area contributed by atoms with Gasteiger partial charge in [-0.15, -0.1) is 0 Å². The molecule has 1 saturated carbocycles. The summed E-state index contributed by atoms with van der Waals surface area (Å²) in [5, 5.41) is 20.0. The fraction of sp³-hybridized carbons (Fsp3) is 0.500. The summed E-state index contributed by atoms with van der Waals surface area (Å²) >= 11 is 0. The molecular formula is C20H25N3O3. The van der Waals surface area contributed by atoms with Crippen molar-refractivity contribution in [1.29, 1.82) is 0 Å². The van der Waals surface area contributed by atoms with E-state index in [-0.39, 0.29) is 24.0 Å². The average Bonchev–Trinajstić information content (AvgIpc) is 3.26. The first-order chi connectivity index (χ1) is 12.6. The van der Waals surface area contributed by atoms with Gasteiger partial charge in [-0.2, -0.15) is 5.10 Å². The Bertz CT molecular complexity index is 795. The van der Waals surface area contributed by atoms with Gasteiger partial charge in [-0.25, -0.2) is 0 Å². The first kappa shape index (κ1) is 17.1. The van der Waals surface area contributed by atoms with Crippen LogP contribution in [0.4, 0.5) is 0 Å². The highest BCUT2D eigenvalue weighted by molar-refractivity contribution is 5.92. The van der Waals surface area contributed by atoms with E-state index in [2.05, 4.69) is 28.5 Å². The van der Waals surface area contributed by atoms with Crippen molar-refractivity contribution >= 4 is 5.91 Å². The Hall–Kier alpha value is -2.34. The molecule has 26 heavy (non-hydrogen) atoms. The van der Waals surface area contributed by atoms with Crippen molar-refractivity contribution in [3.8, 4) is 5.75 Å². The van der Waals surface area contributed by atoms with E-state index in [0.717, 1.165) is 36.3 Å². The maximum absolute atomic E-state index is 12.7. The number of H-pyrrole nitrogens is 1. The monoisotopic (exact) mass is 355 g/mol. The van der Waals surface area contributed by atoms with Crippen LogP contribution in [0.15, 0.2) is 24.3 Å². The molecule has 6 nitrogen and oxygen atoms in total. The summed E-state index contributed by atoms with van der Waals surface area (Å²) in [6, 6.07) is 7.84. The van der Waals surface area contributed by atoms with E-state index < -0.39 is 0 Å². The second kappa shape index (κ2) is 7.11. The fourth-order valence-electron chi connectivity index (χ4n) is 3.87. The van der Waals surface area contributed by atoms with Crippen molar-refractivity contribution < 1.29 is 14.6 Å². The first-order valence-electron chi connectivity index (χ1n) is 9.43. The lowest BCUT2D eigenvalue weighted by molar-refractivity contribution is 0.0234. The Morgan fingerprint density at radius 1 is 1.42 bits per heavy atom. The zero-order chi connectivity index (χ0) is 18.1. The maximum Gasteiger partial charge on any atom is 0.272 e. The largest absolute Gasteiger partial charge is 0.493 e. The average molecular weight is 355 g/mol. The summed E-state index contributed by atoms with van der Waals surface area (Å²) in [6.07, 6.45) is 3.93. The number of aryl methyl sites for hydroxylation is 1. The molecule has 2 heterocycles. The van der Waals surface area contributed by atoms with Gasteiger partial charge in [-0.1, -0.05) is 19.4 Å². The number of aromatic nitrogens is 2. The normalized spacial score (nSPS) is 22.2. The third-order valence-electron chi connectivity index (χ3n) is 5.36. The van der Waals surface area contributed by atoms with Crippen molar-refractivity contribution in [3.63, 3.8) is 0 Å². The van der Waals surface area contributed by atoms with Gasteiger partial charge in [0.2, 0.25) is 0 Å². The molecule has 1 aliphatic heterocycles. The Balaban J connectivity index is 1.54. The van der Waals surface area contributed by atoms with Crippen LogP contribution in [0, 0.1) is 5.92 Å². The molecule has 138 valence electrons. The molecular weight excluding hydrogens is 330 g/mol. The molecule has 1 aromatic carbocycles. The Labute approximate surface area is 153 Å². The van der Waals surface area contributed by atoms with E-state index in [1.54, 1.807) is 0 Å². The van der Waals surface area contributed by atoms with Crippen molar-refractivity contribution in [1.82, 2.24) is 15.5 Å². The van der Waals surface area contributed by atoms with E-state index in [9.17, 15) is 9.90 Å².